The van der Waals surface area contributed by atoms with Gasteiger partial charge in [0, 0.05) is 25.0 Å². The molecule has 1 aromatic carbocycles. The summed E-state index contributed by atoms with van der Waals surface area (Å²) in [5.41, 5.74) is 0.658. The maximum absolute atomic E-state index is 13.2. The first-order chi connectivity index (χ1) is 11.1. The molecule has 0 bridgehead atoms. The van der Waals surface area contributed by atoms with Crippen LogP contribution in [0.5, 0.6) is 0 Å². The number of amides is 1. The van der Waals surface area contributed by atoms with Gasteiger partial charge in [-0.1, -0.05) is 19.9 Å². The molecule has 0 aliphatic rings. The summed E-state index contributed by atoms with van der Waals surface area (Å²) in [6.07, 6.45) is 3.52. The van der Waals surface area contributed by atoms with E-state index in [1.807, 2.05) is 0 Å². The zero-order chi connectivity index (χ0) is 16.7. The Morgan fingerprint density at radius 2 is 1.96 bits per heavy atom. The zero-order valence-electron chi connectivity index (χ0n) is 13.4. The molecule has 122 valence electrons. The maximum atomic E-state index is 13.2. The van der Waals surface area contributed by atoms with Crippen LogP contribution in [0.4, 0.5) is 16.0 Å². The van der Waals surface area contributed by atoms with Crippen LogP contribution in [-0.4, -0.2) is 29.0 Å². The van der Waals surface area contributed by atoms with Crippen molar-refractivity contribution in [2.24, 2.45) is 0 Å². The summed E-state index contributed by atoms with van der Waals surface area (Å²) in [5.74, 6) is -0.240. The molecule has 6 heteroatoms. The first-order valence-corrected chi connectivity index (χ1v) is 7.79. The lowest BCUT2D eigenvalue weighted by atomic mass is 10.3. The molecule has 0 spiro atoms. The number of benzene rings is 1. The van der Waals surface area contributed by atoms with Gasteiger partial charge in [-0.2, -0.15) is 0 Å². The number of hydrogen-bond donors (Lipinski definition) is 1. The molecule has 1 aromatic heterocycles. The molecule has 0 aliphatic carbocycles. The molecule has 2 rings (SSSR count). The number of carbonyl (C=O) groups is 1. The van der Waals surface area contributed by atoms with Crippen molar-refractivity contribution >= 4 is 17.5 Å². The number of hydrogen-bond acceptors (Lipinski definition) is 4. The first kappa shape index (κ1) is 16.9. The van der Waals surface area contributed by atoms with Gasteiger partial charge in [-0.25, -0.2) is 14.4 Å². The summed E-state index contributed by atoms with van der Waals surface area (Å²) in [7, 11) is 0. The average molecular weight is 316 g/mol. The highest BCUT2D eigenvalue weighted by Gasteiger charge is 2.13. The van der Waals surface area contributed by atoms with E-state index in [2.05, 4.69) is 34.0 Å². The fourth-order valence-corrected chi connectivity index (χ4v) is 2.24. The summed E-state index contributed by atoms with van der Waals surface area (Å²) in [6.45, 7) is 5.85. The number of nitrogens with one attached hydrogen (secondary N) is 1. The van der Waals surface area contributed by atoms with E-state index in [0.29, 0.717) is 11.6 Å². The summed E-state index contributed by atoms with van der Waals surface area (Å²) in [4.78, 5) is 22.9. The topological polar surface area (TPSA) is 58.1 Å². The second kappa shape index (κ2) is 8.22. The van der Waals surface area contributed by atoms with Crippen LogP contribution in [0, 0.1) is 5.82 Å². The van der Waals surface area contributed by atoms with E-state index in [4.69, 9.17) is 0 Å². The Hall–Kier alpha value is -2.50. The van der Waals surface area contributed by atoms with Gasteiger partial charge < -0.3 is 10.2 Å². The Balaban J connectivity index is 2.16. The third-order valence-corrected chi connectivity index (χ3v) is 3.23. The fraction of sp³-hybridized carbons (Fsp3) is 0.353. The van der Waals surface area contributed by atoms with E-state index in [0.717, 1.165) is 25.9 Å². The molecule has 5 nitrogen and oxygen atoms in total. The Labute approximate surface area is 135 Å². The highest BCUT2D eigenvalue weighted by molar-refractivity contribution is 6.02. The Kier molecular flexibility index (Phi) is 6.02. The van der Waals surface area contributed by atoms with Gasteiger partial charge in [-0.3, -0.25) is 4.79 Å². The number of aromatic nitrogens is 2. The van der Waals surface area contributed by atoms with Crippen LogP contribution in [0.25, 0.3) is 0 Å². The van der Waals surface area contributed by atoms with Crippen LogP contribution in [0.15, 0.2) is 36.5 Å². The molecule has 0 saturated heterocycles. The Morgan fingerprint density at radius 1 is 1.22 bits per heavy atom. The van der Waals surface area contributed by atoms with E-state index < -0.39 is 5.82 Å². The molecule has 1 N–H and O–H groups in total. The molecule has 1 heterocycles. The Morgan fingerprint density at radius 3 is 2.61 bits per heavy atom. The number of anilines is 2. The molecule has 23 heavy (non-hydrogen) atoms. The van der Waals surface area contributed by atoms with Gasteiger partial charge in [-0.05, 0) is 37.1 Å². The molecule has 1 amide bonds. The fourth-order valence-electron chi connectivity index (χ4n) is 2.24. The van der Waals surface area contributed by atoms with Crippen LogP contribution in [0.1, 0.15) is 37.2 Å². The molecule has 0 atom stereocenters. The zero-order valence-corrected chi connectivity index (χ0v) is 13.4. The number of carbonyl (C=O) groups excluding carboxylic acids is 1. The van der Waals surface area contributed by atoms with E-state index >= 15 is 0 Å². The smallest absolute Gasteiger partial charge is 0.274 e. The van der Waals surface area contributed by atoms with Gasteiger partial charge >= 0.3 is 0 Å². The standard InChI is InChI=1S/C17H21FN4O/c1-3-10-22(11-4-2)17-19-9-8-15(21-17)16(23)20-14-7-5-6-13(18)12-14/h5-9,12H,3-4,10-11H2,1-2H3,(H,20,23). The minimum atomic E-state index is -0.400. The monoisotopic (exact) mass is 316 g/mol. The largest absolute Gasteiger partial charge is 0.341 e. The van der Waals surface area contributed by atoms with Gasteiger partial charge in [0.1, 0.15) is 11.5 Å². The lowest BCUT2D eigenvalue weighted by Gasteiger charge is -2.21. The van der Waals surface area contributed by atoms with Crippen LogP contribution >= 0.6 is 0 Å². The van der Waals surface area contributed by atoms with Crippen LogP contribution < -0.4 is 10.2 Å². The minimum absolute atomic E-state index is 0.261. The molecule has 0 fully saturated rings. The molecule has 0 radical (unpaired) electrons. The molecular formula is C17H21FN4O. The van der Waals surface area contributed by atoms with Crippen molar-refractivity contribution in [3.05, 3.63) is 48.0 Å². The van der Waals surface area contributed by atoms with Crippen molar-refractivity contribution in [2.75, 3.05) is 23.3 Å². The predicted octanol–water partition coefficient (Wildman–Crippen LogP) is 3.49. The van der Waals surface area contributed by atoms with Gasteiger partial charge in [0.2, 0.25) is 5.95 Å². The molecular weight excluding hydrogens is 295 g/mol. The molecule has 0 aliphatic heterocycles. The second-order valence-corrected chi connectivity index (χ2v) is 5.19. The summed E-state index contributed by atoms with van der Waals surface area (Å²) >= 11 is 0. The van der Waals surface area contributed by atoms with Crippen LogP contribution in [0.2, 0.25) is 0 Å². The van der Waals surface area contributed by atoms with Gasteiger partial charge in [-0.15, -0.1) is 0 Å². The van der Waals surface area contributed by atoms with E-state index in [-0.39, 0.29) is 11.6 Å². The quantitative estimate of drug-likeness (QED) is 0.849. The van der Waals surface area contributed by atoms with Gasteiger partial charge in [0.15, 0.2) is 0 Å². The number of nitrogens with zero attached hydrogens (tertiary/aromatic N) is 3. The van der Waals surface area contributed by atoms with Crippen molar-refractivity contribution < 1.29 is 9.18 Å². The summed E-state index contributed by atoms with van der Waals surface area (Å²) in [6, 6.07) is 7.31. The SMILES string of the molecule is CCCN(CCC)c1nccc(C(=O)Nc2cccc(F)c2)n1. The number of rotatable bonds is 7. The Bertz CT molecular complexity index is 657. The van der Waals surface area contributed by atoms with Crippen LogP contribution in [-0.2, 0) is 0 Å². The molecule has 0 saturated carbocycles. The first-order valence-electron chi connectivity index (χ1n) is 7.79. The van der Waals surface area contributed by atoms with Crippen LogP contribution in [0.3, 0.4) is 0 Å². The summed E-state index contributed by atoms with van der Waals surface area (Å²) < 4.78 is 13.2. The molecule has 0 unspecified atom stereocenters. The van der Waals surface area contributed by atoms with Crippen molar-refractivity contribution in [1.82, 2.24) is 9.97 Å². The lowest BCUT2D eigenvalue weighted by Crippen LogP contribution is -2.27. The second-order valence-electron chi connectivity index (χ2n) is 5.19. The number of halogens is 1. The van der Waals surface area contributed by atoms with Crippen molar-refractivity contribution in [3.8, 4) is 0 Å². The van der Waals surface area contributed by atoms with Crippen molar-refractivity contribution in [3.63, 3.8) is 0 Å². The third-order valence-electron chi connectivity index (χ3n) is 3.23. The average Bonchev–Trinajstić information content (AvgIpc) is 2.55. The van der Waals surface area contributed by atoms with E-state index in [9.17, 15) is 9.18 Å². The van der Waals surface area contributed by atoms with Gasteiger partial charge in [0.25, 0.3) is 5.91 Å². The van der Waals surface area contributed by atoms with Gasteiger partial charge in [0.05, 0.1) is 0 Å². The molecule has 2 aromatic rings. The normalized spacial score (nSPS) is 10.4. The third kappa shape index (κ3) is 4.74. The predicted molar refractivity (Wildman–Crippen MR) is 89.2 cm³/mol. The maximum Gasteiger partial charge on any atom is 0.274 e. The van der Waals surface area contributed by atoms with Crippen molar-refractivity contribution in [2.45, 2.75) is 26.7 Å². The van der Waals surface area contributed by atoms with E-state index in [1.165, 1.54) is 12.1 Å². The lowest BCUT2D eigenvalue weighted by molar-refractivity contribution is 0.102. The van der Waals surface area contributed by atoms with Crippen molar-refractivity contribution in [1.29, 1.82) is 0 Å². The highest BCUT2D eigenvalue weighted by Crippen LogP contribution is 2.13. The van der Waals surface area contributed by atoms with E-state index in [1.54, 1.807) is 24.4 Å². The summed E-state index contributed by atoms with van der Waals surface area (Å²) in [5, 5.41) is 2.64. The minimum Gasteiger partial charge on any atom is -0.341 e. The highest BCUT2D eigenvalue weighted by atomic mass is 19.1.